The third kappa shape index (κ3) is 4.25. The maximum Gasteiger partial charge on any atom is 0.258 e. The highest BCUT2D eigenvalue weighted by molar-refractivity contribution is 6.34. The standard InChI is InChI=1S/C19H20ClFN2O3/c1-19(6-7-19)11-26-18-16(13(20)5-8-22-18)17(24)23-10-12-3-4-15(25-2)14(21)9-12/h3-5,8-9H,6-7,10-11H2,1-2H3,(H,23,24). The molecule has 1 saturated carbocycles. The zero-order valence-corrected chi connectivity index (χ0v) is 15.4. The lowest BCUT2D eigenvalue weighted by atomic mass is 10.1. The summed E-state index contributed by atoms with van der Waals surface area (Å²) in [4.78, 5) is 16.7. The first kappa shape index (κ1) is 18.5. The van der Waals surface area contributed by atoms with Crippen molar-refractivity contribution in [3.05, 3.63) is 52.4 Å². The van der Waals surface area contributed by atoms with E-state index >= 15 is 0 Å². The minimum atomic E-state index is -0.486. The van der Waals surface area contributed by atoms with Crippen molar-refractivity contribution in [3.63, 3.8) is 0 Å². The number of rotatable bonds is 7. The van der Waals surface area contributed by atoms with Crippen LogP contribution in [0.25, 0.3) is 0 Å². The van der Waals surface area contributed by atoms with E-state index in [2.05, 4.69) is 17.2 Å². The fourth-order valence-corrected chi connectivity index (χ4v) is 2.65. The lowest BCUT2D eigenvalue weighted by Crippen LogP contribution is -2.25. The summed E-state index contributed by atoms with van der Waals surface area (Å²) in [7, 11) is 1.40. The van der Waals surface area contributed by atoms with Gasteiger partial charge in [0.2, 0.25) is 5.88 Å². The van der Waals surface area contributed by atoms with Crippen LogP contribution in [-0.2, 0) is 6.54 Å². The third-order valence-corrected chi connectivity index (χ3v) is 4.74. The molecule has 1 aliphatic carbocycles. The van der Waals surface area contributed by atoms with Crippen LogP contribution in [0.15, 0.2) is 30.5 Å². The van der Waals surface area contributed by atoms with Crippen LogP contribution in [0.5, 0.6) is 11.6 Å². The smallest absolute Gasteiger partial charge is 0.258 e. The van der Waals surface area contributed by atoms with Gasteiger partial charge in [0, 0.05) is 18.2 Å². The highest BCUT2D eigenvalue weighted by atomic mass is 35.5. The number of hydrogen-bond donors (Lipinski definition) is 1. The van der Waals surface area contributed by atoms with Gasteiger partial charge in [0.15, 0.2) is 11.6 Å². The van der Waals surface area contributed by atoms with Crippen molar-refractivity contribution in [3.8, 4) is 11.6 Å². The van der Waals surface area contributed by atoms with Gasteiger partial charge in [-0.25, -0.2) is 9.37 Å². The van der Waals surface area contributed by atoms with Gasteiger partial charge in [-0.2, -0.15) is 0 Å². The molecule has 0 spiro atoms. The van der Waals surface area contributed by atoms with Crippen LogP contribution in [0.2, 0.25) is 5.02 Å². The number of carbonyl (C=O) groups excluding carboxylic acids is 1. The first-order valence-corrected chi connectivity index (χ1v) is 8.67. The number of pyridine rings is 1. The molecule has 138 valence electrons. The highest BCUT2D eigenvalue weighted by Gasteiger charge is 2.38. The van der Waals surface area contributed by atoms with Crippen LogP contribution in [0.1, 0.15) is 35.7 Å². The second-order valence-electron chi connectivity index (χ2n) is 6.72. The summed E-state index contributed by atoms with van der Waals surface area (Å²) >= 11 is 6.18. The van der Waals surface area contributed by atoms with E-state index in [1.165, 1.54) is 31.5 Å². The molecule has 0 saturated heterocycles. The number of aromatic nitrogens is 1. The van der Waals surface area contributed by atoms with Gasteiger partial charge < -0.3 is 14.8 Å². The Bertz CT molecular complexity index is 824. The van der Waals surface area contributed by atoms with Crippen LogP contribution < -0.4 is 14.8 Å². The lowest BCUT2D eigenvalue weighted by Gasteiger charge is -2.14. The van der Waals surface area contributed by atoms with Crippen LogP contribution >= 0.6 is 11.6 Å². The Kier molecular flexibility index (Phi) is 5.32. The Balaban J connectivity index is 1.69. The Labute approximate surface area is 156 Å². The average Bonchev–Trinajstić information content (AvgIpc) is 3.36. The van der Waals surface area contributed by atoms with Crippen LogP contribution in [0.3, 0.4) is 0 Å². The molecule has 3 rings (SSSR count). The SMILES string of the molecule is COc1ccc(CNC(=O)c2c(Cl)ccnc2OCC2(C)CC2)cc1F. The molecule has 1 amide bonds. The molecule has 1 aliphatic rings. The van der Waals surface area contributed by atoms with E-state index in [0.29, 0.717) is 12.2 Å². The number of carbonyl (C=O) groups is 1. The third-order valence-electron chi connectivity index (χ3n) is 4.42. The predicted octanol–water partition coefficient (Wildman–Crippen LogP) is 3.99. The second-order valence-corrected chi connectivity index (χ2v) is 7.13. The molecule has 26 heavy (non-hydrogen) atoms. The predicted molar refractivity (Wildman–Crippen MR) is 96.2 cm³/mol. The van der Waals surface area contributed by atoms with Crippen molar-refractivity contribution in [2.45, 2.75) is 26.3 Å². The number of halogens is 2. The molecule has 7 heteroatoms. The van der Waals surface area contributed by atoms with Gasteiger partial charge >= 0.3 is 0 Å². The molecule has 1 N–H and O–H groups in total. The molecule has 1 heterocycles. The largest absolute Gasteiger partial charge is 0.494 e. The Morgan fingerprint density at radius 2 is 2.15 bits per heavy atom. The fourth-order valence-electron chi connectivity index (χ4n) is 2.43. The van der Waals surface area contributed by atoms with E-state index in [1.807, 2.05) is 0 Å². The van der Waals surface area contributed by atoms with Crippen molar-refractivity contribution >= 4 is 17.5 Å². The summed E-state index contributed by atoms with van der Waals surface area (Å²) in [5.41, 5.74) is 0.940. The molecule has 0 bridgehead atoms. The maximum absolute atomic E-state index is 13.8. The molecule has 2 aromatic rings. The van der Waals surface area contributed by atoms with Crippen molar-refractivity contribution in [1.82, 2.24) is 10.3 Å². The number of methoxy groups -OCH3 is 1. The average molecular weight is 379 g/mol. The van der Waals surface area contributed by atoms with Gasteiger partial charge in [-0.05, 0) is 36.6 Å². The molecular weight excluding hydrogens is 359 g/mol. The normalized spacial score (nSPS) is 14.6. The zero-order valence-electron chi connectivity index (χ0n) is 14.6. The van der Waals surface area contributed by atoms with Crippen molar-refractivity contribution < 1.29 is 18.7 Å². The first-order valence-electron chi connectivity index (χ1n) is 8.30. The summed E-state index contributed by atoms with van der Waals surface area (Å²) in [5.74, 6) is -0.542. The molecule has 0 aliphatic heterocycles. The van der Waals surface area contributed by atoms with E-state index in [9.17, 15) is 9.18 Å². The number of amides is 1. The van der Waals surface area contributed by atoms with Gasteiger partial charge in [0.1, 0.15) is 5.56 Å². The van der Waals surface area contributed by atoms with Gasteiger partial charge in [-0.15, -0.1) is 0 Å². The number of nitrogens with one attached hydrogen (secondary N) is 1. The second kappa shape index (κ2) is 7.50. The van der Waals surface area contributed by atoms with Crippen molar-refractivity contribution in [1.29, 1.82) is 0 Å². The molecular formula is C19H20ClFN2O3. The molecule has 1 aromatic carbocycles. The van der Waals surface area contributed by atoms with E-state index in [-0.39, 0.29) is 34.2 Å². The van der Waals surface area contributed by atoms with Gasteiger partial charge in [0.25, 0.3) is 5.91 Å². The summed E-state index contributed by atoms with van der Waals surface area (Å²) in [6.07, 6.45) is 3.69. The van der Waals surface area contributed by atoms with Gasteiger partial charge in [-0.3, -0.25) is 4.79 Å². The van der Waals surface area contributed by atoms with E-state index in [1.54, 1.807) is 6.07 Å². The fraction of sp³-hybridized carbons (Fsp3) is 0.368. The molecule has 1 fully saturated rings. The molecule has 0 radical (unpaired) electrons. The van der Waals surface area contributed by atoms with Crippen LogP contribution in [0, 0.1) is 11.2 Å². The summed E-state index contributed by atoms with van der Waals surface area (Å²) in [6.45, 7) is 2.75. The van der Waals surface area contributed by atoms with Gasteiger partial charge in [-0.1, -0.05) is 24.6 Å². The molecule has 5 nitrogen and oxygen atoms in total. The Hall–Kier alpha value is -2.34. The Morgan fingerprint density at radius 1 is 1.38 bits per heavy atom. The number of hydrogen-bond acceptors (Lipinski definition) is 4. The number of nitrogens with zero attached hydrogens (tertiary/aromatic N) is 1. The maximum atomic E-state index is 13.8. The minimum absolute atomic E-state index is 0.141. The van der Waals surface area contributed by atoms with Crippen LogP contribution in [-0.4, -0.2) is 24.6 Å². The quantitative estimate of drug-likeness (QED) is 0.791. The molecule has 0 unspecified atom stereocenters. The number of ether oxygens (including phenoxy) is 2. The number of benzene rings is 1. The van der Waals surface area contributed by atoms with E-state index in [4.69, 9.17) is 21.1 Å². The lowest BCUT2D eigenvalue weighted by molar-refractivity contribution is 0.0944. The van der Waals surface area contributed by atoms with Crippen LogP contribution in [0.4, 0.5) is 4.39 Å². The summed E-state index contributed by atoms with van der Waals surface area (Å²) in [5, 5.41) is 2.98. The molecule has 0 atom stereocenters. The summed E-state index contributed by atoms with van der Waals surface area (Å²) in [6, 6.07) is 6.04. The first-order chi connectivity index (χ1) is 12.4. The van der Waals surface area contributed by atoms with E-state index < -0.39 is 11.7 Å². The van der Waals surface area contributed by atoms with E-state index in [0.717, 1.165) is 12.8 Å². The van der Waals surface area contributed by atoms with Gasteiger partial charge in [0.05, 0.1) is 18.7 Å². The molecule has 1 aromatic heterocycles. The Morgan fingerprint density at radius 3 is 2.81 bits per heavy atom. The minimum Gasteiger partial charge on any atom is -0.494 e. The van der Waals surface area contributed by atoms with Crippen molar-refractivity contribution in [2.75, 3.05) is 13.7 Å². The zero-order chi connectivity index (χ0) is 18.7. The topological polar surface area (TPSA) is 60.5 Å². The highest BCUT2D eigenvalue weighted by Crippen LogP contribution is 2.45. The monoisotopic (exact) mass is 378 g/mol. The summed E-state index contributed by atoms with van der Waals surface area (Å²) < 4.78 is 24.4. The van der Waals surface area contributed by atoms with Crippen molar-refractivity contribution in [2.24, 2.45) is 5.41 Å².